The summed E-state index contributed by atoms with van der Waals surface area (Å²) in [6.45, 7) is 3.86. The summed E-state index contributed by atoms with van der Waals surface area (Å²) in [5.74, 6) is 0.0148. The molecule has 7 heteroatoms. The van der Waals surface area contributed by atoms with E-state index in [0.717, 1.165) is 6.20 Å². The van der Waals surface area contributed by atoms with Crippen LogP contribution in [0, 0.1) is 5.82 Å². The van der Waals surface area contributed by atoms with Crippen LogP contribution in [0.25, 0.3) is 0 Å². The number of carbonyl (C=O) groups excluding carboxylic acids is 1. The van der Waals surface area contributed by atoms with Crippen LogP contribution in [0.1, 0.15) is 6.92 Å². The summed E-state index contributed by atoms with van der Waals surface area (Å²) >= 11 is 0. The van der Waals surface area contributed by atoms with Crippen molar-refractivity contribution < 1.29 is 9.18 Å². The lowest BCUT2D eigenvalue weighted by Gasteiger charge is -2.32. The van der Waals surface area contributed by atoms with Crippen molar-refractivity contribution in [1.82, 2.24) is 14.9 Å². The van der Waals surface area contributed by atoms with Crippen molar-refractivity contribution in [2.45, 2.75) is 6.92 Å². The molecule has 0 unspecified atom stereocenters. The molecule has 18 heavy (non-hydrogen) atoms. The fourth-order valence-corrected chi connectivity index (χ4v) is 1.76. The number of rotatable bonds is 3. The predicted octanol–water partition coefficient (Wildman–Crippen LogP) is 0.326. The van der Waals surface area contributed by atoms with E-state index in [9.17, 15) is 9.18 Å². The van der Waals surface area contributed by atoms with Crippen LogP contribution in [0.2, 0.25) is 0 Å². The molecule has 1 saturated heterocycles. The second-order valence-corrected chi connectivity index (χ2v) is 4.13. The monoisotopic (exact) mass is 253 g/mol. The first-order chi connectivity index (χ1) is 8.61. The van der Waals surface area contributed by atoms with Gasteiger partial charge in [-0.1, -0.05) is 0 Å². The molecule has 1 aliphatic heterocycles. The molecule has 6 nitrogen and oxygen atoms in total. The van der Waals surface area contributed by atoms with E-state index in [-0.39, 0.29) is 18.3 Å². The molecule has 1 amide bonds. The topological polar surface area (TPSA) is 61.4 Å². The van der Waals surface area contributed by atoms with E-state index in [4.69, 9.17) is 0 Å². The van der Waals surface area contributed by atoms with Gasteiger partial charge in [-0.15, -0.1) is 0 Å². The summed E-state index contributed by atoms with van der Waals surface area (Å²) in [5, 5.41) is 2.92. The van der Waals surface area contributed by atoms with Crippen LogP contribution in [0.4, 0.5) is 16.2 Å². The van der Waals surface area contributed by atoms with Crippen molar-refractivity contribution in [3.05, 3.63) is 12.0 Å². The van der Waals surface area contributed by atoms with Crippen LogP contribution in [-0.4, -0.2) is 54.0 Å². The second kappa shape index (κ2) is 5.16. The third-order valence-electron chi connectivity index (χ3n) is 2.82. The number of halogens is 1. The zero-order valence-electron chi connectivity index (χ0n) is 10.5. The normalized spacial score (nSPS) is 16.1. The Morgan fingerprint density at radius 2 is 2.28 bits per heavy atom. The molecule has 0 bridgehead atoms. The van der Waals surface area contributed by atoms with Crippen LogP contribution in [0.5, 0.6) is 0 Å². The summed E-state index contributed by atoms with van der Waals surface area (Å²) < 4.78 is 13.7. The number of aromatic nitrogens is 2. The molecule has 0 radical (unpaired) electrons. The molecule has 0 atom stereocenters. The zero-order chi connectivity index (χ0) is 13.1. The Hall–Kier alpha value is -1.92. The predicted molar refractivity (Wildman–Crippen MR) is 66.0 cm³/mol. The Morgan fingerprint density at radius 1 is 1.50 bits per heavy atom. The smallest absolute Gasteiger partial charge is 0.241 e. The van der Waals surface area contributed by atoms with E-state index in [1.807, 2.05) is 6.92 Å². The van der Waals surface area contributed by atoms with E-state index in [1.54, 1.807) is 16.8 Å². The Morgan fingerprint density at radius 3 is 2.94 bits per heavy atom. The maximum Gasteiger partial charge on any atom is 0.241 e. The first kappa shape index (κ1) is 12.5. The van der Waals surface area contributed by atoms with Gasteiger partial charge in [-0.3, -0.25) is 4.79 Å². The number of likely N-dealkylation sites (N-methyl/N-ethyl adjacent to an activating group) is 1. The lowest BCUT2D eigenvalue weighted by molar-refractivity contribution is -0.129. The molecule has 2 heterocycles. The average Bonchev–Trinajstić information content (AvgIpc) is 2.35. The van der Waals surface area contributed by atoms with Crippen molar-refractivity contribution in [1.29, 1.82) is 0 Å². The van der Waals surface area contributed by atoms with Crippen molar-refractivity contribution in [2.75, 3.05) is 43.4 Å². The first-order valence-corrected chi connectivity index (χ1v) is 5.87. The van der Waals surface area contributed by atoms with E-state index < -0.39 is 5.82 Å². The molecule has 1 N–H and O–H groups in total. The molecule has 1 aromatic rings. The number of anilines is 2. The second-order valence-electron chi connectivity index (χ2n) is 4.13. The van der Waals surface area contributed by atoms with Gasteiger partial charge >= 0.3 is 0 Å². The number of piperazine rings is 1. The van der Waals surface area contributed by atoms with Gasteiger partial charge in [-0.05, 0) is 6.92 Å². The first-order valence-electron chi connectivity index (χ1n) is 5.87. The average molecular weight is 253 g/mol. The summed E-state index contributed by atoms with van der Waals surface area (Å²) in [4.78, 5) is 22.8. The SMILES string of the molecule is CCNc1ncc(F)c(N2CCN(C)C(=O)C2)n1. The fourth-order valence-electron chi connectivity index (χ4n) is 1.76. The van der Waals surface area contributed by atoms with Crippen molar-refractivity contribution >= 4 is 17.7 Å². The lowest BCUT2D eigenvalue weighted by atomic mass is 10.3. The van der Waals surface area contributed by atoms with Crippen LogP contribution in [0.15, 0.2) is 6.20 Å². The fraction of sp³-hybridized carbons (Fsp3) is 0.545. The number of nitrogens with one attached hydrogen (secondary N) is 1. The van der Waals surface area contributed by atoms with Gasteiger partial charge in [0.1, 0.15) is 0 Å². The highest BCUT2D eigenvalue weighted by Crippen LogP contribution is 2.18. The van der Waals surface area contributed by atoms with E-state index in [2.05, 4.69) is 15.3 Å². The zero-order valence-corrected chi connectivity index (χ0v) is 10.5. The maximum atomic E-state index is 13.7. The molecule has 0 aromatic carbocycles. The highest BCUT2D eigenvalue weighted by Gasteiger charge is 2.24. The van der Waals surface area contributed by atoms with Crippen LogP contribution < -0.4 is 10.2 Å². The number of nitrogens with zero attached hydrogens (tertiary/aromatic N) is 4. The molecular weight excluding hydrogens is 237 g/mol. The highest BCUT2D eigenvalue weighted by molar-refractivity contribution is 5.82. The largest absolute Gasteiger partial charge is 0.354 e. The van der Waals surface area contributed by atoms with Crippen LogP contribution >= 0.6 is 0 Å². The van der Waals surface area contributed by atoms with E-state index in [0.29, 0.717) is 25.6 Å². The Labute approximate surface area is 105 Å². The van der Waals surface area contributed by atoms with Crippen molar-refractivity contribution in [2.24, 2.45) is 0 Å². The summed E-state index contributed by atoms with van der Waals surface area (Å²) in [6, 6.07) is 0. The van der Waals surface area contributed by atoms with Gasteiger partial charge in [0.05, 0.1) is 12.7 Å². The molecular formula is C11H16FN5O. The molecule has 1 fully saturated rings. The number of carbonyl (C=O) groups is 1. The number of amides is 1. The lowest BCUT2D eigenvalue weighted by Crippen LogP contribution is -2.49. The molecule has 0 saturated carbocycles. The molecule has 1 aromatic heterocycles. The standard InChI is InChI=1S/C11H16FN5O/c1-3-13-11-14-6-8(12)10(15-11)17-5-4-16(2)9(18)7-17/h6H,3-5,7H2,1-2H3,(H,13,14,15). The number of hydrogen-bond donors (Lipinski definition) is 1. The van der Waals surface area contributed by atoms with Gasteiger partial charge in [-0.2, -0.15) is 4.98 Å². The third-order valence-corrected chi connectivity index (χ3v) is 2.82. The van der Waals surface area contributed by atoms with Gasteiger partial charge in [0.2, 0.25) is 11.9 Å². The van der Waals surface area contributed by atoms with Crippen molar-refractivity contribution in [3.8, 4) is 0 Å². The quantitative estimate of drug-likeness (QED) is 0.841. The van der Waals surface area contributed by atoms with E-state index in [1.165, 1.54) is 0 Å². The minimum atomic E-state index is -0.506. The van der Waals surface area contributed by atoms with Crippen molar-refractivity contribution in [3.63, 3.8) is 0 Å². The molecule has 1 aliphatic rings. The summed E-state index contributed by atoms with van der Waals surface area (Å²) in [5.41, 5.74) is 0. The van der Waals surface area contributed by atoms with Gasteiger partial charge in [0.15, 0.2) is 11.6 Å². The van der Waals surface area contributed by atoms with Gasteiger partial charge < -0.3 is 15.1 Å². The maximum absolute atomic E-state index is 13.7. The minimum Gasteiger partial charge on any atom is -0.354 e. The molecule has 0 aliphatic carbocycles. The highest BCUT2D eigenvalue weighted by atomic mass is 19.1. The van der Waals surface area contributed by atoms with Crippen LogP contribution in [0.3, 0.4) is 0 Å². The Balaban J connectivity index is 2.21. The number of hydrogen-bond acceptors (Lipinski definition) is 5. The Bertz CT molecular complexity index is 453. The van der Waals surface area contributed by atoms with Gasteiger partial charge in [-0.25, -0.2) is 9.37 Å². The minimum absolute atomic E-state index is 0.0377. The van der Waals surface area contributed by atoms with Crippen LogP contribution in [-0.2, 0) is 4.79 Å². The summed E-state index contributed by atoms with van der Waals surface area (Å²) in [7, 11) is 1.74. The summed E-state index contributed by atoms with van der Waals surface area (Å²) in [6.07, 6.45) is 1.13. The Kier molecular flexibility index (Phi) is 3.59. The van der Waals surface area contributed by atoms with E-state index >= 15 is 0 Å². The third kappa shape index (κ3) is 2.49. The molecule has 2 rings (SSSR count). The van der Waals surface area contributed by atoms with Gasteiger partial charge in [0, 0.05) is 26.7 Å². The molecule has 98 valence electrons. The molecule has 0 spiro atoms. The van der Waals surface area contributed by atoms with Gasteiger partial charge in [0.25, 0.3) is 0 Å².